The van der Waals surface area contributed by atoms with Crippen molar-refractivity contribution >= 4 is 31.9 Å². The molecule has 128 valence electrons. The topological polar surface area (TPSA) is 66.5 Å². The average molecular weight is 403 g/mol. The van der Waals surface area contributed by atoms with Crippen molar-refractivity contribution in [2.45, 2.75) is 44.0 Å². The number of hydrogen-bond donors (Lipinski definition) is 1. The highest BCUT2D eigenvalue weighted by Crippen LogP contribution is 2.26. The van der Waals surface area contributed by atoms with E-state index in [1.165, 1.54) is 4.31 Å². The van der Waals surface area contributed by atoms with Crippen molar-refractivity contribution < 1.29 is 13.2 Å². The summed E-state index contributed by atoms with van der Waals surface area (Å²) in [5.74, 6) is 0.137. The Morgan fingerprint density at radius 3 is 2.57 bits per heavy atom. The Hall–Kier alpha value is -0.920. The second kappa shape index (κ2) is 7.77. The maximum Gasteiger partial charge on any atom is 0.243 e. The second-order valence-corrected chi connectivity index (χ2v) is 9.03. The number of carbonyl (C=O) groups is 1. The Morgan fingerprint density at radius 1 is 1.30 bits per heavy atom. The van der Waals surface area contributed by atoms with Gasteiger partial charge in [-0.25, -0.2) is 8.42 Å². The van der Waals surface area contributed by atoms with Crippen LogP contribution >= 0.6 is 15.9 Å². The second-order valence-electron chi connectivity index (χ2n) is 6.22. The van der Waals surface area contributed by atoms with E-state index in [2.05, 4.69) is 21.2 Å². The number of nitrogens with one attached hydrogen (secondary N) is 1. The molecular weight excluding hydrogens is 380 g/mol. The van der Waals surface area contributed by atoms with E-state index in [4.69, 9.17) is 0 Å². The summed E-state index contributed by atoms with van der Waals surface area (Å²) in [5, 5.41) is 2.86. The van der Waals surface area contributed by atoms with Crippen molar-refractivity contribution in [3.05, 3.63) is 28.7 Å². The number of carbonyl (C=O) groups excluding carboxylic acids is 1. The van der Waals surface area contributed by atoms with Gasteiger partial charge in [0.25, 0.3) is 0 Å². The van der Waals surface area contributed by atoms with E-state index in [-0.39, 0.29) is 10.8 Å². The van der Waals surface area contributed by atoms with Crippen molar-refractivity contribution in [1.82, 2.24) is 9.62 Å². The minimum Gasteiger partial charge on any atom is -0.354 e. The van der Waals surface area contributed by atoms with Crippen LogP contribution in [0.2, 0.25) is 0 Å². The number of benzene rings is 1. The molecule has 0 radical (unpaired) electrons. The molecule has 0 aromatic heterocycles. The molecule has 7 heteroatoms. The Balaban J connectivity index is 2.23. The van der Waals surface area contributed by atoms with Crippen molar-refractivity contribution in [2.24, 2.45) is 5.92 Å². The van der Waals surface area contributed by atoms with Gasteiger partial charge in [-0.1, -0.05) is 36.2 Å². The molecule has 0 aliphatic carbocycles. The van der Waals surface area contributed by atoms with E-state index in [1.807, 2.05) is 13.8 Å². The van der Waals surface area contributed by atoms with Gasteiger partial charge in [0.1, 0.15) is 6.04 Å². The molecule has 0 saturated carbocycles. The lowest BCUT2D eigenvalue weighted by molar-refractivity contribution is -0.125. The van der Waals surface area contributed by atoms with Gasteiger partial charge in [0.2, 0.25) is 15.9 Å². The lowest BCUT2D eigenvalue weighted by Gasteiger charge is -2.33. The highest BCUT2D eigenvalue weighted by atomic mass is 79.9. The lowest BCUT2D eigenvalue weighted by Crippen LogP contribution is -2.52. The van der Waals surface area contributed by atoms with Crippen molar-refractivity contribution in [3.63, 3.8) is 0 Å². The number of piperidine rings is 1. The SMILES string of the molecule is CC(C)CNC(=O)C1CCCCN1S(=O)(=O)c1ccc(Br)cc1. The fourth-order valence-electron chi connectivity index (χ4n) is 2.62. The summed E-state index contributed by atoms with van der Waals surface area (Å²) in [6.45, 7) is 4.97. The maximum atomic E-state index is 12.9. The Kier molecular flexibility index (Phi) is 6.22. The molecule has 1 aromatic carbocycles. The van der Waals surface area contributed by atoms with E-state index < -0.39 is 16.1 Å². The van der Waals surface area contributed by atoms with E-state index in [9.17, 15) is 13.2 Å². The van der Waals surface area contributed by atoms with Crippen molar-refractivity contribution in [3.8, 4) is 0 Å². The fourth-order valence-corrected chi connectivity index (χ4v) is 4.54. The molecule has 2 rings (SSSR count). The van der Waals surface area contributed by atoms with E-state index >= 15 is 0 Å². The Bertz CT molecular complexity index is 644. The first kappa shape index (κ1) is 18.4. The average Bonchev–Trinajstić information content (AvgIpc) is 2.53. The number of amides is 1. The molecule has 1 atom stereocenters. The number of hydrogen-bond acceptors (Lipinski definition) is 3. The lowest BCUT2D eigenvalue weighted by atomic mass is 10.0. The van der Waals surface area contributed by atoms with Crippen LogP contribution in [0.4, 0.5) is 0 Å². The summed E-state index contributed by atoms with van der Waals surface area (Å²) in [5.41, 5.74) is 0. The van der Waals surface area contributed by atoms with Gasteiger partial charge in [-0.3, -0.25) is 4.79 Å². The zero-order chi connectivity index (χ0) is 17.0. The van der Waals surface area contributed by atoms with Crippen LogP contribution in [0.15, 0.2) is 33.6 Å². The normalized spacial score (nSPS) is 19.7. The van der Waals surface area contributed by atoms with Gasteiger partial charge in [0.05, 0.1) is 4.90 Å². The van der Waals surface area contributed by atoms with Crippen LogP contribution < -0.4 is 5.32 Å². The molecule has 1 fully saturated rings. The number of rotatable bonds is 5. The molecule has 1 aromatic rings. The summed E-state index contributed by atoms with van der Waals surface area (Å²) in [6, 6.07) is 5.92. The Labute approximate surface area is 146 Å². The van der Waals surface area contributed by atoms with Crippen LogP contribution in [0, 0.1) is 5.92 Å². The molecular formula is C16H23BrN2O3S. The maximum absolute atomic E-state index is 12.9. The number of halogens is 1. The third-order valence-corrected chi connectivity index (χ3v) is 6.31. The zero-order valence-corrected chi connectivity index (χ0v) is 15.9. The smallest absolute Gasteiger partial charge is 0.243 e. The van der Waals surface area contributed by atoms with Crippen molar-refractivity contribution in [1.29, 1.82) is 0 Å². The summed E-state index contributed by atoms with van der Waals surface area (Å²) >= 11 is 3.30. The molecule has 0 spiro atoms. The predicted molar refractivity (Wildman–Crippen MR) is 93.5 cm³/mol. The molecule has 1 aliphatic rings. The van der Waals surface area contributed by atoms with Crippen LogP contribution in [0.5, 0.6) is 0 Å². The molecule has 1 unspecified atom stereocenters. The molecule has 23 heavy (non-hydrogen) atoms. The first-order chi connectivity index (χ1) is 10.8. The minimum absolute atomic E-state index is 0.195. The van der Waals surface area contributed by atoms with Crippen LogP contribution in [-0.4, -0.2) is 37.8 Å². The van der Waals surface area contributed by atoms with Gasteiger partial charge in [-0.05, 0) is 43.0 Å². The Morgan fingerprint density at radius 2 is 1.96 bits per heavy atom. The van der Waals surface area contributed by atoms with Crippen LogP contribution in [0.1, 0.15) is 33.1 Å². The molecule has 1 N–H and O–H groups in total. The fraction of sp³-hybridized carbons (Fsp3) is 0.562. The van der Waals surface area contributed by atoms with Crippen LogP contribution in [-0.2, 0) is 14.8 Å². The van der Waals surface area contributed by atoms with Gasteiger partial charge in [0, 0.05) is 17.6 Å². The third kappa shape index (κ3) is 4.55. The minimum atomic E-state index is -3.66. The highest BCUT2D eigenvalue weighted by Gasteiger charge is 2.37. The van der Waals surface area contributed by atoms with Gasteiger partial charge >= 0.3 is 0 Å². The van der Waals surface area contributed by atoms with Gasteiger partial charge in [0.15, 0.2) is 0 Å². The first-order valence-electron chi connectivity index (χ1n) is 7.87. The number of nitrogens with zero attached hydrogens (tertiary/aromatic N) is 1. The zero-order valence-electron chi connectivity index (χ0n) is 13.5. The summed E-state index contributed by atoms with van der Waals surface area (Å²) < 4.78 is 27.9. The summed E-state index contributed by atoms with van der Waals surface area (Å²) in [7, 11) is -3.66. The summed E-state index contributed by atoms with van der Waals surface area (Å²) in [6.07, 6.45) is 2.22. The van der Waals surface area contributed by atoms with E-state index in [1.54, 1.807) is 24.3 Å². The quantitative estimate of drug-likeness (QED) is 0.822. The monoisotopic (exact) mass is 402 g/mol. The van der Waals surface area contributed by atoms with Gasteiger partial charge < -0.3 is 5.32 Å². The van der Waals surface area contributed by atoms with Gasteiger partial charge in [-0.2, -0.15) is 4.31 Å². The number of sulfonamides is 1. The van der Waals surface area contributed by atoms with E-state index in [0.717, 1.165) is 17.3 Å². The molecule has 1 aliphatic heterocycles. The molecule has 0 bridgehead atoms. The van der Waals surface area contributed by atoms with Crippen molar-refractivity contribution in [2.75, 3.05) is 13.1 Å². The standard InChI is InChI=1S/C16H23BrN2O3S/c1-12(2)11-18-16(20)15-5-3-4-10-19(15)23(21,22)14-8-6-13(17)7-9-14/h6-9,12,15H,3-5,10-11H2,1-2H3,(H,18,20). The predicted octanol–water partition coefficient (Wildman–Crippen LogP) is 2.76. The van der Waals surface area contributed by atoms with E-state index in [0.29, 0.717) is 25.4 Å². The summed E-state index contributed by atoms with van der Waals surface area (Å²) in [4.78, 5) is 12.6. The molecule has 1 heterocycles. The third-order valence-electron chi connectivity index (χ3n) is 3.86. The highest BCUT2D eigenvalue weighted by molar-refractivity contribution is 9.10. The molecule has 1 saturated heterocycles. The van der Waals surface area contributed by atoms with Crippen LogP contribution in [0.3, 0.4) is 0 Å². The first-order valence-corrected chi connectivity index (χ1v) is 10.1. The largest absolute Gasteiger partial charge is 0.354 e. The molecule has 1 amide bonds. The van der Waals surface area contributed by atoms with Crippen LogP contribution in [0.25, 0.3) is 0 Å². The van der Waals surface area contributed by atoms with Gasteiger partial charge in [-0.15, -0.1) is 0 Å². The molecule has 5 nitrogen and oxygen atoms in total.